The average molecular weight is 468 g/mol. The van der Waals surface area contributed by atoms with Crippen molar-refractivity contribution in [1.29, 1.82) is 0 Å². The van der Waals surface area contributed by atoms with Crippen LogP contribution >= 0.6 is 0 Å². The zero-order valence-electron chi connectivity index (χ0n) is 17.4. The second-order valence-electron chi connectivity index (χ2n) is 7.60. The fourth-order valence-corrected chi connectivity index (χ4v) is 5.29. The lowest BCUT2D eigenvalue weighted by atomic mass is 10.2. The van der Waals surface area contributed by atoms with Crippen LogP contribution in [0.4, 0.5) is 14.6 Å². The molecule has 5 rings (SSSR count). The van der Waals surface area contributed by atoms with Crippen LogP contribution in [0.2, 0.25) is 0 Å². The molecule has 0 radical (unpaired) electrons. The highest BCUT2D eigenvalue weighted by molar-refractivity contribution is 7.89. The molecule has 3 heterocycles. The quantitative estimate of drug-likeness (QED) is 0.457. The Morgan fingerprint density at radius 3 is 2.36 bits per heavy atom. The molecule has 4 aromatic rings. The van der Waals surface area contributed by atoms with Gasteiger partial charge in [-0.3, -0.25) is 4.98 Å². The summed E-state index contributed by atoms with van der Waals surface area (Å²) in [6.07, 6.45) is 3.37. The van der Waals surface area contributed by atoms with Crippen LogP contribution in [-0.4, -0.2) is 53.9 Å². The van der Waals surface area contributed by atoms with Crippen molar-refractivity contribution in [2.45, 2.75) is 4.90 Å². The summed E-state index contributed by atoms with van der Waals surface area (Å²) in [5.41, 5.74) is 1.56. The Bertz CT molecular complexity index is 1430. The van der Waals surface area contributed by atoms with Crippen molar-refractivity contribution < 1.29 is 17.2 Å². The highest BCUT2D eigenvalue weighted by Gasteiger charge is 2.30. The van der Waals surface area contributed by atoms with E-state index in [0.29, 0.717) is 24.7 Å². The van der Waals surface area contributed by atoms with Gasteiger partial charge >= 0.3 is 0 Å². The summed E-state index contributed by atoms with van der Waals surface area (Å²) in [4.78, 5) is 15.3. The van der Waals surface area contributed by atoms with Crippen LogP contribution in [0.3, 0.4) is 0 Å². The Hall–Kier alpha value is -3.50. The molecule has 0 aliphatic carbocycles. The highest BCUT2D eigenvalue weighted by atomic mass is 32.2. The molecule has 1 saturated heterocycles. The molecule has 0 N–H and O–H groups in total. The Morgan fingerprint density at radius 2 is 1.64 bits per heavy atom. The summed E-state index contributed by atoms with van der Waals surface area (Å²) < 4.78 is 54.0. The Labute approximate surface area is 189 Å². The molecule has 0 bridgehead atoms. The van der Waals surface area contributed by atoms with Crippen LogP contribution in [0, 0.1) is 11.6 Å². The zero-order valence-corrected chi connectivity index (χ0v) is 18.2. The van der Waals surface area contributed by atoms with E-state index in [1.54, 1.807) is 12.4 Å². The lowest BCUT2D eigenvalue weighted by Gasteiger charge is -2.35. The maximum absolute atomic E-state index is 13.6. The maximum atomic E-state index is 13.6. The molecule has 2 aromatic heterocycles. The Balaban J connectivity index is 1.44. The van der Waals surface area contributed by atoms with Crippen molar-refractivity contribution in [2.75, 3.05) is 31.1 Å². The van der Waals surface area contributed by atoms with Crippen LogP contribution in [0.15, 0.2) is 71.9 Å². The molecular weight excluding hydrogens is 448 g/mol. The summed E-state index contributed by atoms with van der Waals surface area (Å²) in [6.45, 7) is 1.14. The smallest absolute Gasteiger partial charge is 0.243 e. The molecule has 1 aliphatic rings. The van der Waals surface area contributed by atoms with Gasteiger partial charge in [-0.1, -0.05) is 12.1 Å². The number of para-hydroxylation sites is 1. The van der Waals surface area contributed by atoms with Crippen molar-refractivity contribution in [1.82, 2.24) is 19.3 Å². The SMILES string of the molecule is O=S(=O)(c1ccc(F)c(F)c1)N1CCN(c2nc(-c3cccnc3)nc3ccccc23)CC1. The predicted molar refractivity (Wildman–Crippen MR) is 120 cm³/mol. The topological polar surface area (TPSA) is 79.3 Å². The van der Waals surface area contributed by atoms with Crippen LogP contribution in [0.1, 0.15) is 0 Å². The fraction of sp³-hybridized carbons (Fsp3) is 0.174. The number of fused-ring (bicyclic) bond motifs is 1. The number of aromatic nitrogens is 3. The van der Waals surface area contributed by atoms with Gasteiger partial charge in [0.15, 0.2) is 17.5 Å². The minimum Gasteiger partial charge on any atom is -0.353 e. The first kappa shape index (κ1) is 21.4. The second kappa shape index (κ2) is 8.45. The number of hydrogen-bond acceptors (Lipinski definition) is 6. The van der Waals surface area contributed by atoms with E-state index >= 15 is 0 Å². The maximum Gasteiger partial charge on any atom is 0.243 e. The van der Waals surface area contributed by atoms with Crippen molar-refractivity contribution in [3.05, 3.63) is 78.6 Å². The van der Waals surface area contributed by atoms with E-state index in [2.05, 4.69) is 9.97 Å². The van der Waals surface area contributed by atoms with Crippen molar-refractivity contribution in [2.24, 2.45) is 0 Å². The number of pyridine rings is 1. The molecule has 1 fully saturated rings. The van der Waals surface area contributed by atoms with Crippen molar-refractivity contribution in [3.63, 3.8) is 0 Å². The van der Waals surface area contributed by atoms with Gasteiger partial charge in [0.2, 0.25) is 10.0 Å². The van der Waals surface area contributed by atoms with Crippen LogP contribution in [0.5, 0.6) is 0 Å². The predicted octanol–water partition coefficient (Wildman–Crippen LogP) is 3.48. The normalized spacial score (nSPS) is 15.2. The Morgan fingerprint density at radius 1 is 0.848 bits per heavy atom. The van der Waals surface area contributed by atoms with Crippen LogP contribution in [-0.2, 0) is 10.0 Å². The molecule has 7 nitrogen and oxygen atoms in total. The van der Waals surface area contributed by atoms with E-state index in [-0.39, 0.29) is 18.0 Å². The summed E-state index contributed by atoms with van der Waals surface area (Å²) in [5, 5.41) is 0.863. The van der Waals surface area contributed by atoms with E-state index in [1.165, 1.54) is 4.31 Å². The standard InChI is InChI=1S/C23H19F2N5O2S/c24-19-8-7-17(14-20(19)25)33(31,32)30-12-10-29(11-13-30)23-18-5-1-2-6-21(18)27-22(28-23)16-4-3-9-26-15-16/h1-9,14-15H,10-13H2. The van der Waals surface area contributed by atoms with Gasteiger partial charge < -0.3 is 4.90 Å². The monoisotopic (exact) mass is 467 g/mol. The van der Waals surface area contributed by atoms with Gasteiger partial charge in [-0.25, -0.2) is 27.2 Å². The third-order valence-electron chi connectivity index (χ3n) is 5.57. The summed E-state index contributed by atoms with van der Waals surface area (Å²) in [7, 11) is -3.94. The number of nitrogens with zero attached hydrogens (tertiary/aromatic N) is 5. The highest BCUT2D eigenvalue weighted by Crippen LogP contribution is 2.29. The number of piperazine rings is 1. The number of anilines is 1. The summed E-state index contributed by atoms with van der Waals surface area (Å²) in [5.74, 6) is -1.03. The van der Waals surface area contributed by atoms with E-state index in [4.69, 9.17) is 4.98 Å². The first-order chi connectivity index (χ1) is 15.9. The third kappa shape index (κ3) is 4.03. The molecule has 0 amide bonds. The molecule has 0 unspecified atom stereocenters. The largest absolute Gasteiger partial charge is 0.353 e. The first-order valence-corrected chi connectivity index (χ1v) is 11.7. The Kier molecular flexibility index (Phi) is 5.47. The molecule has 10 heteroatoms. The number of halogens is 2. The summed E-state index contributed by atoms with van der Waals surface area (Å²) >= 11 is 0. The van der Waals surface area contributed by atoms with Crippen molar-refractivity contribution >= 4 is 26.7 Å². The van der Waals surface area contributed by atoms with Crippen molar-refractivity contribution in [3.8, 4) is 11.4 Å². The van der Waals surface area contributed by atoms with Gasteiger partial charge in [0.05, 0.1) is 10.4 Å². The van der Waals surface area contributed by atoms with E-state index in [9.17, 15) is 17.2 Å². The lowest BCUT2D eigenvalue weighted by Crippen LogP contribution is -2.49. The first-order valence-electron chi connectivity index (χ1n) is 10.3. The molecule has 1 aliphatic heterocycles. The average Bonchev–Trinajstić information content (AvgIpc) is 2.85. The zero-order chi connectivity index (χ0) is 23.0. The number of rotatable bonds is 4. The van der Waals surface area contributed by atoms with Gasteiger partial charge in [-0.15, -0.1) is 0 Å². The van der Waals surface area contributed by atoms with Crippen LogP contribution < -0.4 is 4.90 Å². The van der Waals surface area contributed by atoms with Gasteiger partial charge in [-0.05, 0) is 42.5 Å². The molecule has 0 saturated carbocycles. The van der Waals surface area contributed by atoms with E-state index in [0.717, 1.165) is 34.7 Å². The van der Waals surface area contributed by atoms with Gasteiger partial charge in [0.1, 0.15) is 5.82 Å². The van der Waals surface area contributed by atoms with E-state index < -0.39 is 21.7 Å². The minimum atomic E-state index is -3.94. The van der Waals surface area contributed by atoms with Gasteiger partial charge in [0, 0.05) is 49.5 Å². The number of sulfonamides is 1. The fourth-order valence-electron chi connectivity index (χ4n) is 3.85. The molecule has 0 spiro atoms. The number of hydrogen-bond donors (Lipinski definition) is 0. The molecular formula is C23H19F2N5O2S. The van der Waals surface area contributed by atoms with Crippen LogP contribution in [0.25, 0.3) is 22.3 Å². The summed E-state index contributed by atoms with van der Waals surface area (Å²) in [6, 6.07) is 14.0. The number of benzene rings is 2. The third-order valence-corrected chi connectivity index (χ3v) is 7.46. The molecule has 33 heavy (non-hydrogen) atoms. The van der Waals surface area contributed by atoms with E-state index in [1.807, 2.05) is 41.3 Å². The lowest BCUT2D eigenvalue weighted by molar-refractivity contribution is 0.383. The molecule has 0 atom stereocenters. The molecule has 168 valence electrons. The molecule has 2 aromatic carbocycles. The van der Waals surface area contributed by atoms with Gasteiger partial charge in [0.25, 0.3) is 0 Å². The second-order valence-corrected chi connectivity index (χ2v) is 9.53. The van der Waals surface area contributed by atoms with Gasteiger partial charge in [-0.2, -0.15) is 4.31 Å². The minimum absolute atomic E-state index is 0.182.